The van der Waals surface area contributed by atoms with Crippen molar-refractivity contribution in [3.8, 4) is 0 Å². The Balaban J connectivity index is 1.55. The summed E-state index contributed by atoms with van der Waals surface area (Å²) in [4.78, 5) is 20.9. The number of aryl methyl sites for hydroxylation is 2. The summed E-state index contributed by atoms with van der Waals surface area (Å²) in [6.07, 6.45) is 3.00. The summed E-state index contributed by atoms with van der Waals surface area (Å²) < 4.78 is 5.10. The summed E-state index contributed by atoms with van der Waals surface area (Å²) in [5.41, 5.74) is 6.02. The van der Waals surface area contributed by atoms with Gasteiger partial charge >= 0.3 is 0 Å². The first-order valence-electron chi connectivity index (χ1n) is 8.01. The van der Waals surface area contributed by atoms with Gasteiger partial charge in [0.1, 0.15) is 5.76 Å². The lowest BCUT2D eigenvalue weighted by Crippen LogP contribution is -2.17. The highest BCUT2D eigenvalue weighted by molar-refractivity contribution is 7.98. The Kier molecular flexibility index (Phi) is 5.80. The molecule has 132 valence electrons. The number of benzene rings is 1. The topological polar surface area (TPSA) is 80.4 Å². The highest BCUT2D eigenvalue weighted by Gasteiger charge is 2.06. The highest BCUT2D eigenvalue weighted by atomic mass is 32.2. The van der Waals surface area contributed by atoms with E-state index < -0.39 is 0 Å². The highest BCUT2D eigenvalue weighted by Crippen LogP contribution is 2.20. The Hall–Kier alpha value is -2.93. The molecule has 1 amide bonds. The van der Waals surface area contributed by atoms with Gasteiger partial charge in [-0.1, -0.05) is 23.9 Å². The van der Waals surface area contributed by atoms with Crippen LogP contribution in [0, 0.1) is 13.8 Å². The zero-order valence-electron chi connectivity index (χ0n) is 14.5. The predicted octanol–water partition coefficient (Wildman–Crippen LogP) is 3.74. The largest absolute Gasteiger partial charge is 0.463 e. The van der Waals surface area contributed by atoms with Crippen molar-refractivity contribution in [2.24, 2.45) is 5.10 Å². The molecule has 0 bridgehead atoms. The van der Waals surface area contributed by atoms with Crippen molar-refractivity contribution < 1.29 is 9.21 Å². The predicted molar refractivity (Wildman–Crippen MR) is 101 cm³/mol. The monoisotopic (exact) mass is 366 g/mol. The number of nitrogens with zero attached hydrogens (tertiary/aromatic N) is 3. The van der Waals surface area contributed by atoms with Gasteiger partial charge in [0.25, 0.3) is 5.91 Å². The van der Waals surface area contributed by atoms with Crippen LogP contribution in [0.25, 0.3) is 0 Å². The Morgan fingerprint density at radius 2 is 1.92 bits per heavy atom. The standard InChI is InChI=1S/C19H18N4O2S/c1-13-10-14(2)22-19(21-13)26-12-15-5-7-16(8-6-15)18(24)23-20-11-17-4-3-9-25-17/h3-11H,12H2,1-2H3,(H,23,24)/b20-11-. The van der Waals surface area contributed by atoms with Crippen LogP contribution in [0.5, 0.6) is 0 Å². The van der Waals surface area contributed by atoms with Crippen LogP contribution in [-0.2, 0) is 5.75 Å². The quantitative estimate of drug-likeness (QED) is 0.311. The fourth-order valence-corrected chi connectivity index (χ4v) is 3.15. The van der Waals surface area contributed by atoms with Crippen LogP contribution in [0.4, 0.5) is 0 Å². The zero-order valence-corrected chi connectivity index (χ0v) is 15.3. The SMILES string of the molecule is Cc1cc(C)nc(SCc2ccc(C(=O)N/N=C\c3ccco3)cc2)n1. The van der Waals surface area contributed by atoms with Crippen LogP contribution in [-0.4, -0.2) is 22.1 Å². The molecule has 0 aliphatic rings. The lowest BCUT2D eigenvalue weighted by molar-refractivity contribution is 0.0955. The maximum absolute atomic E-state index is 12.1. The minimum absolute atomic E-state index is 0.273. The molecule has 0 aliphatic carbocycles. The first-order chi connectivity index (χ1) is 12.6. The van der Waals surface area contributed by atoms with E-state index in [1.54, 1.807) is 42.3 Å². The number of furan rings is 1. The van der Waals surface area contributed by atoms with E-state index in [2.05, 4.69) is 20.5 Å². The van der Waals surface area contributed by atoms with E-state index in [1.807, 2.05) is 32.0 Å². The van der Waals surface area contributed by atoms with Gasteiger partial charge in [-0.2, -0.15) is 5.10 Å². The summed E-state index contributed by atoms with van der Waals surface area (Å²) in [6, 6.07) is 12.8. The molecule has 0 radical (unpaired) electrons. The molecule has 0 saturated heterocycles. The second-order valence-corrected chi connectivity index (χ2v) is 6.58. The van der Waals surface area contributed by atoms with E-state index in [1.165, 1.54) is 6.21 Å². The molecule has 3 aromatic rings. The van der Waals surface area contributed by atoms with E-state index in [-0.39, 0.29) is 5.91 Å². The van der Waals surface area contributed by atoms with Gasteiger partial charge < -0.3 is 4.42 Å². The number of hydrogen-bond acceptors (Lipinski definition) is 6. The van der Waals surface area contributed by atoms with Gasteiger partial charge in [0.05, 0.1) is 12.5 Å². The molecule has 0 aliphatic heterocycles. The summed E-state index contributed by atoms with van der Waals surface area (Å²) in [5, 5.41) is 4.63. The Morgan fingerprint density at radius 1 is 1.19 bits per heavy atom. The maximum atomic E-state index is 12.1. The summed E-state index contributed by atoms with van der Waals surface area (Å²) in [7, 11) is 0. The average Bonchev–Trinajstić information content (AvgIpc) is 3.13. The molecule has 1 aromatic carbocycles. The van der Waals surface area contributed by atoms with E-state index in [4.69, 9.17) is 4.42 Å². The average molecular weight is 366 g/mol. The van der Waals surface area contributed by atoms with Gasteiger partial charge in [-0.15, -0.1) is 0 Å². The second kappa shape index (κ2) is 8.44. The molecule has 6 nitrogen and oxygen atoms in total. The molecule has 0 saturated carbocycles. The molecule has 1 N–H and O–H groups in total. The molecular formula is C19H18N4O2S. The zero-order chi connectivity index (χ0) is 18.4. The fraction of sp³-hybridized carbons (Fsp3) is 0.158. The van der Waals surface area contributed by atoms with Gasteiger partial charge in [-0.25, -0.2) is 15.4 Å². The minimum atomic E-state index is -0.273. The number of carbonyl (C=O) groups is 1. The van der Waals surface area contributed by atoms with Crippen LogP contribution in [0.2, 0.25) is 0 Å². The third-order valence-corrected chi connectivity index (χ3v) is 4.37. The third kappa shape index (κ3) is 5.03. The molecule has 0 fully saturated rings. The molecule has 3 rings (SSSR count). The van der Waals surface area contributed by atoms with Crippen LogP contribution < -0.4 is 5.43 Å². The fourth-order valence-electron chi connectivity index (χ4n) is 2.24. The van der Waals surface area contributed by atoms with Crippen LogP contribution in [0.3, 0.4) is 0 Å². The normalized spacial score (nSPS) is 11.0. The van der Waals surface area contributed by atoms with Crippen molar-refractivity contribution in [3.05, 3.63) is 77.0 Å². The summed E-state index contributed by atoms with van der Waals surface area (Å²) >= 11 is 1.57. The van der Waals surface area contributed by atoms with E-state index in [9.17, 15) is 4.79 Å². The van der Waals surface area contributed by atoms with E-state index >= 15 is 0 Å². The van der Waals surface area contributed by atoms with Crippen molar-refractivity contribution in [1.82, 2.24) is 15.4 Å². The molecule has 2 aromatic heterocycles. The van der Waals surface area contributed by atoms with Crippen molar-refractivity contribution in [1.29, 1.82) is 0 Å². The molecule has 2 heterocycles. The van der Waals surface area contributed by atoms with E-state index in [0.29, 0.717) is 11.3 Å². The number of hydrazone groups is 1. The second-order valence-electron chi connectivity index (χ2n) is 5.63. The number of nitrogens with one attached hydrogen (secondary N) is 1. The lowest BCUT2D eigenvalue weighted by atomic mass is 10.1. The van der Waals surface area contributed by atoms with Crippen LogP contribution in [0.1, 0.15) is 33.1 Å². The van der Waals surface area contributed by atoms with Crippen LogP contribution >= 0.6 is 11.8 Å². The summed E-state index contributed by atoms with van der Waals surface area (Å²) in [6.45, 7) is 3.92. The smallest absolute Gasteiger partial charge is 0.271 e. The molecule has 26 heavy (non-hydrogen) atoms. The van der Waals surface area contributed by atoms with Gasteiger partial charge in [-0.05, 0) is 49.7 Å². The first-order valence-corrected chi connectivity index (χ1v) is 8.99. The van der Waals surface area contributed by atoms with Gasteiger partial charge in [-0.3, -0.25) is 4.79 Å². The third-order valence-electron chi connectivity index (χ3n) is 3.45. The maximum Gasteiger partial charge on any atom is 0.271 e. The Bertz CT molecular complexity index is 886. The minimum Gasteiger partial charge on any atom is -0.463 e. The number of aromatic nitrogens is 2. The number of thioether (sulfide) groups is 1. The Morgan fingerprint density at radius 3 is 2.58 bits per heavy atom. The van der Waals surface area contributed by atoms with Gasteiger partial charge in [0.15, 0.2) is 5.16 Å². The van der Waals surface area contributed by atoms with Crippen molar-refractivity contribution in [2.75, 3.05) is 0 Å². The summed E-state index contributed by atoms with van der Waals surface area (Å²) in [5.74, 6) is 1.04. The molecular weight excluding hydrogens is 348 g/mol. The number of carbonyl (C=O) groups excluding carboxylic acids is 1. The van der Waals surface area contributed by atoms with Gasteiger partial charge in [0, 0.05) is 22.7 Å². The van der Waals surface area contributed by atoms with Crippen molar-refractivity contribution in [2.45, 2.75) is 24.8 Å². The number of rotatable bonds is 6. The number of hydrogen-bond donors (Lipinski definition) is 1. The lowest BCUT2D eigenvalue weighted by Gasteiger charge is -2.04. The molecule has 0 unspecified atom stereocenters. The molecule has 7 heteroatoms. The first kappa shape index (κ1) is 17.9. The van der Waals surface area contributed by atoms with Crippen molar-refractivity contribution in [3.63, 3.8) is 0 Å². The Labute approximate surface area is 155 Å². The molecule has 0 spiro atoms. The molecule has 0 atom stereocenters. The van der Waals surface area contributed by atoms with Gasteiger partial charge in [0.2, 0.25) is 0 Å². The van der Waals surface area contributed by atoms with Crippen molar-refractivity contribution >= 4 is 23.9 Å². The van der Waals surface area contributed by atoms with E-state index in [0.717, 1.165) is 27.9 Å². The number of amides is 1. The van der Waals surface area contributed by atoms with Crippen LogP contribution in [0.15, 0.2) is 63.4 Å².